The molecule has 1 aromatic rings. The second-order valence-corrected chi connectivity index (χ2v) is 5.28. The van der Waals surface area contributed by atoms with Gasteiger partial charge in [0.05, 0.1) is 5.92 Å². The quantitative estimate of drug-likeness (QED) is 0.872. The summed E-state index contributed by atoms with van der Waals surface area (Å²) in [4.78, 5) is 15.6. The highest BCUT2D eigenvalue weighted by atomic mass is 16.5. The molecule has 1 saturated heterocycles. The Morgan fingerprint density at radius 1 is 1.56 bits per heavy atom. The van der Waals surface area contributed by atoms with E-state index in [0.717, 1.165) is 44.7 Å². The summed E-state index contributed by atoms with van der Waals surface area (Å²) < 4.78 is 7.49. The zero-order valence-corrected chi connectivity index (χ0v) is 10.3. The molecule has 1 fully saturated rings. The van der Waals surface area contributed by atoms with Crippen molar-refractivity contribution < 1.29 is 14.6 Å². The van der Waals surface area contributed by atoms with E-state index >= 15 is 0 Å². The number of aromatic nitrogens is 2. The van der Waals surface area contributed by atoms with Crippen molar-refractivity contribution in [3.63, 3.8) is 0 Å². The molecule has 2 aliphatic rings. The van der Waals surface area contributed by atoms with E-state index in [1.165, 1.54) is 5.69 Å². The third-order valence-corrected chi connectivity index (χ3v) is 4.02. The van der Waals surface area contributed by atoms with Gasteiger partial charge in [0, 0.05) is 38.1 Å². The zero-order chi connectivity index (χ0) is 12.5. The molecule has 18 heavy (non-hydrogen) atoms. The summed E-state index contributed by atoms with van der Waals surface area (Å²) in [5.41, 5.74) is 1.18. The molecule has 0 radical (unpaired) electrons. The molecule has 1 aromatic heterocycles. The highest BCUT2D eigenvalue weighted by molar-refractivity contribution is 5.70. The van der Waals surface area contributed by atoms with Gasteiger partial charge in [-0.05, 0) is 25.2 Å². The number of carboxylic acid groups (broad SMARTS) is 1. The summed E-state index contributed by atoms with van der Waals surface area (Å²) in [6.45, 7) is 2.23. The highest BCUT2D eigenvalue weighted by Crippen LogP contribution is 2.24. The Bertz CT molecular complexity index is 449. The first kappa shape index (κ1) is 11.7. The van der Waals surface area contributed by atoms with Crippen LogP contribution in [-0.4, -0.2) is 33.8 Å². The maximum Gasteiger partial charge on any atom is 0.308 e. The number of fused-ring (bicyclic) bond motifs is 1. The van der Waals surface area contributed by atoms with Crippen molar-refractivity contribution in [1.82, 2.24) is 9.55 Å². The van der Waals surface area contributed by atoms with Gasteiger partial charge in [-0.2, -0.15) is 0 Å². The van der Waals surface area contributed by atoms with Crippen molar-refractivity contribution in [1.29, 1.82) is 0 Å². The average molecular weight is 250 g/mol. The van der Waals surface area contributed by atoms with Crippen molar-refractivity contribution in [3.8, 4) is 0 Å². The third-order valence-electron chi connectivity index (χ3n) is 4.02. The van der Waals surface area contributed by atoms with Crippen LogP contribution in [0.15, 0.2) is 6.20 Å². The maximum atomic E-state index is 11.1. The lowest BCUT2D eigenvalue weighted by atomic mass is 9.98. The van der Waals surface area contributed by atoms with Gasteiger partial charge in [0.2, 0.25) is 0 Å². The van der Waals surface area contributed by atoms with Gasteiger partial charge in [-0.25, -0.2) is 4.98 Å². The second kappa shape index (κ2) is 4.72. The molecular formula is C13H18N2O3. The van der Waals surface area contributed by atoms with E-state index in [1.54, 1.807) is 0 Å². The smallest absolute Gasteiger partial charge is 0.308 e. The number of rotatable bonds is 3. The molecular weight excluding hydrogens is 232 g/mol. The highest BCUT2D eigenvalue weighted by Gasteiger charge is 2.27. The first-order valence-corrected chi connectivity index (χ1v) is 6.58. The summed E-state index contributed by atoms with van der Waals surface area (Å²) in [5.74, 6) is 0.628. The van der Waals surface area contributed by atoms with Gasteiger partial charge < -0.3 is 14.4 Å². The van der Waals surface area contributed by atoms with Crippen LogP contribution < -0.4 is 0 Å². The minimum Gasteiger partial charge on any atom is -0.481 e. The molecule has 0 spiro atoms. The van der Waals surface area contributed by atoms with E-state index in [9.17, 15) is 4.79 Å². The summed E-state index contributed by atoms with van der Waals surface area (Å²) in [6.07, 6.45) is 5.46. The fourth-order valence-electron chi connectivity index (χ4n) is 2.88. The van der Waals surface area contributed by atoms with Gasteiger partial charge in [-0.15, -0.1) is 0 Å². The Balaban J connectivity index is 1.76. The van der Waals surface area contributed by atoms with Crippen LogP contribution in [0.2, 0.25) is 0 Å². The van der Waals surface area contributed by atoms with Crippen molar-refractivity contribution in [2.45, 2.75) is 32.2 Å². The molecule has 3 rings (SSSR count). The largest absolute Gasteiger partial charge is 0.481 e. The molecule has 0 saturated carbocycles. The molecule has 2 aliphatic heterocycles. The number of aliphatic carboxylic acids is 1. The van der Waals surface area contributed by atoms with E-state index in [0.29, 0.717) is 12.5 Å². The number of hydrogen-bond acceptors (Lipinski definition) is 3. The number of carbonyl (C=O) groups is 1. The lowest BCUT2D eigenvalue weighted by Crippen LogP contribution is -2.27. The standard InChI is InChI=1S/C13H18N2O3/c16-13(17)10-1-2-11-6-14-12(15(11)7-10)5-9-3-4-18-8-9/h6,9-10H,1-5,7-8H2,(H,16,17). The normalized spacial score (nSPS) is 27.1. The molecule has 2 atom stereocenters. The van der Waals surface area contributed by atoms with Crippen LogP contribution in [0.3, 0.4) is 0 Å². The van der Waals surface area contributed by atoms with Gasteiger partial charge in [-0.1, -0.05) is 0 Å². The van der Waals surface area contributed by atoms with Crippen molar-refractivity contribution in [2.75, 3.05) is 13.2 Å². The Hall–Kier alpha value is -1.36. The van der Waals surface area contributed by atoms with Crippen molar-refractivity contribution in [3.05, 3.63) is 17.7 Å². The zero-order valence-electron chi connectivity index (χ0n) is 10.3. The number of carboxylic acids is 1. The third kappa shape index (κ3) is 2.14. The maximum absolute atomic E-state index is 11.1. The van der Waals surface area contributed by atoms with Gasteiger partial charge in [0.15, 0.2) is 0 Å². The van der Waals surface area contributed by atoms with Crippen LogP contribution in [0.25, 0.3) is 0 Å². The van der Waals surface area contributed by atoms with Crippen LogP contribution in [0.1, 0.15) is 24.4 Å². The SMILES string of the molecule is O=C(O)C1CCc2cnc(CC3CCOC3)n2C1. The average Bonchev–Trinajstić information content (AvgIpc) is 2.99. The number of nitrogens with zero attached hydrogens (tertiary/aromatic N) is 2. The Morgan fingerprint density at radius 3 is 3.17 bits per heavy atom. The fourth-order valence-corrected chi connectivity index (χ4v) is 2.88. The van der Waals surface area contributed by atoms with E-state index in [4.69, 9.17) is 9.84 Å². The summed E-state index contributed by atoms with van der Waals surface area (Å²) in [6, 6.07) is 0. The monoisotopic (exact) mass is 250 g/mol. The minimum atomic E-state index is -0.690. The molecule has 2 unspecified atom stereocenters. The molecule has 1 N–H and O–H groups in total. The summed E-state index contributed by atoms with van der Waals surface area (Å²) >= 11 is 0. The Kier molecular flexibility index (Phi) is 3.07. The number of imidazole rings is 1. The Morgan fingerprint density at radius 2 is 2.44 bits per heavy atom. The molecule has 0 aliphatic carbocycles. The van der Waals surface area contributed by atoms with E-state index in [-0.39, 0.29) is 5.92 Å². The lowest BCUT2D eigenvalue weighted by molar-refractivity contribution is -0.142. The molecule has 5 nitrogen and oxygen atoms in total. The molecule has 0 bridgehead atoms. The molecule has 0 amide bonds. The number of hydrogen-bond donors (Lipinski definition) is 1. The predicted molar refractivity (Wildman–Crippen MR) is 64.3 cm³/mol. The van der Waals surface area contributed by atoms with Crippen LogP contribution in [0, 0.1) is 11.8 Å². The Labute approximate surface area is 106 Å². The van der Waals surface area contributed by atoms with E-state index < -0.39 is 5.97 Å². The molecule has 3 heterocycles. The first-order chi connectivity index (χ1) is 8.74. The molecule has 5 heteroatoms. The number of aryl methyl sites for hydroxylation is 1. The van der Waals surface area contributed by atoms with Crippen molar-refractivity contribution in [2.24, 2.45) is 11.8 Å². The number of ether oxygens (including phenoxy) is 1. The van der Waals surface area contributed by atoms with E-state index in [1.807, 2.05) is 6.20 Å². The second-order valence-electron chi connectivity index (χ2n) is 5.28. The van der Waals surface area contributed by atoms with E-state index in [2.05, 4.69) is 9.55 Å². The van der Waals surface area contributed by atoms with Crippen LogP contribution in [0.5, 0.6) is 0 Å². The lowest BCUT2D eigenvalue weighted by Gasteiger charge is -2.23. The van der Waals surface area contributed by atoms with Crippen LogP contribution in [0.4, 0.5) is 0 Å². The van der Waals surface area contributed by atoms with Gasteiger partial charge >= 0.3 is 5.97 Å². The van der Waals surface area contributed by atoms with Gasteiger partial charge in [0.25, 0.3) is 0 Å². The first-order valence-electron chi connectivity index (χ1n) is 6.58. The van der Waals surface area contributed by atoms with Gasteiger partial charge in [-0.3, -0.25) is 4.79 Å². The summed E-state index contributed by atoms with van der Waals surface area (Å²) in [7, 11) is 0. The molecule has 0 aromatic carbocycles. The minimum absolute atomic E-state index is 0.259. The van der Waals surface area contributed by atoms with Crippen LogP contribution >= 0.6 is 0 Å². The fraction of sp³-hybridized carbons (Fsp3) is 0.692. The predicted octanol–water partition coefficient (Wildman–Crippen LogP) is 1.11. The van der Waals surface area contributed by atoms with Gasteiger partial charge in [0.1, 0.15) is 5.82 Å². The van der Waals surface area contributed by atoms with Crippen molar-refractivity contribution >= 4 is 5.97 Å². The topological polar surface area (TPSA) is 64.3 Å². The molecule has 98 valence electrons. The summed E-state index contributed by atoms with van der Waals surface area (Å²) in [5, 5.41) is 9.12. The van der Waals surface area contributed by atoms with Crippen LogP contribution in [-0.2, 0) is 28.9 Å².